The van der Waals surface area contributed by atoms with E-state index in [9.17, 15) is 9.59 Å². The third-order valence-corrected chi connectivity index (χ3v) is 2.91. The molecule has 0 bridgehead atoms. The Labute approximate surface area is 126 Å². The zero-order valence-electron chi connectivity index (χ0n) is 11.4. The van der Waals surface area contributed by atoms with E-state index in [0.717, 1.165) is 5.56 Å². The minimum Gasteiger partial charge on any atom is -0.355 e. The summed E-state index contributed by atoms with van der Waals surface area (Å²) < 4.78 is 5.11. The minimum absolute atomic E-state index is 0.101. The summed E-state index contributed by atoms with van der Waals surface area (Å²) in [5.41, 5.74) is 0.874. The Balaban J connectivity index is 2.00. The van der Waals surface area contributed by atoms with Crippen LogP contribution in [0.5, 0.6) is 0 Å². The van der Waals surface area contributed by atoms with Gasteiger partial charge in [-0.3, -0.25) is 9.59 Å². The zero-order chi connectivity index (χ0) is 15.2. The number of amides is 2. The molecule has 7 heteroatoms. The average molecular weight is 308 g/mol. The van der Waals surface area contributed by atoms with Gasteiger partial charge in [0.1, 0.15) is 0 Å². The Bertz CT molecular complexity index is 637. The summed E-state index contributed by atoms with van der Waals surface area (Å²) >= 11 is 5.80. The maximum atomic E-state index is 11.8. The van der Waals surface area contributed by atoms with Gasteiger partial charge < -0.3 is 15.2 Å². The number of carbonyl (C=O) groups is 2. The molecule has 0 aliphatic carbocycles. The number of likely N-dealkylation sites (N-methyl/N-ethyl adjacent to an activating group) is 1. The van der Waals surface area contributed by atoms with Crippen molar-refractivity contribution < 1.29 is 14.1 Å². The van der Waals surface area contributed by atoms with E-state index in [1.807, 2.05) is 0 Å². The van der Waals surface area contributed by atoms with Crippen molar-refractivity contribution in [2.75, 3.05) is 13.1 Å². The molecular weight excluding hydrogens is 294 g/mol. The molecule has 2 N–H and O–H groups in total. The summed E-state index contributed by atoms with van der Waals surface area (Å²) in [6, 6.07) is 8.47. The van der Waals surface area contributed by atoms with E-state index in [-0.39, 0.29) is 18.1 Å². The summed E-state index contributed by atoms with van der Waals surface area (Å²) in [6.07, 6.45) is 0. The Hall–Kier alpha value is -2.34. The van der Waals surface area contributed by atoms with E-state index < -0.39 is 5.91 Å². The summed E-state index contributed by atoms with van der Waals surface area (Å²) in [5.74, 6) is -0.271. The Morgan fingerprint density at radius 1 is 1.24 bits per heavy atom. The summed E-state index contributed by atoms with van der Waals surface area (Å²) in [6.45, 7) is 2.21. The molecule has 2 rings (SSSR count). The summed E-state index contributed by atoms with van der Waals surface area (Å²) in [4.78, 5) is 23.1. The maximum absolute atomic E-state index is 11.8. The first-order chi connectivity index (χ1) is 10.1. The highest BCUT2D eigenvalue weighted by molar-refractivity contribution is 6.30. The number of rotatable bonds is 5. The molecule has 0 saturated carbocycles. The number of benzene rings is 1. The van der Waals surface area contributed by atoms with Crippen LogP contribution in [0.2, 0.25) is 5.02 Å². The van der Waals surface area contributed by atoms with Gasteiger partial charge >= 0.3 is 0 Å². The highest BCUT2D eigenvalue weighted by Crippen LogP contribution is 2.22. The van der Waals surface area contributed by atoms with Crippen LogP contribution in [0.25, 0.3) is 11.3 Å². The molecule has 110 valence electrons. The molecule has 21 heavy (non-hydrogen) atoms. The first-order valence-electron chi connectivity index (χ1n) is 6.37. The number of nitrogens with one attached hydrogen (secondary N) is 2. The van der Waals surface area contributed by atoms with E-state index >= 15 is 0 Å². The van der Waals surface area contributed by atoms with Gasteiger partial charge in [0.2, 0.25) is 5.91 Å². The van der Waals surface area contributed by atoms with Gasteiger partial charge in [-0.05, 0) is 31.2 Å². The Kier molecular flexibility index (Phi) is 4.94. The first kappa shape index (κ1) is 15.1. The molecule has 0 saturated heterocycles. The minimum atomic E-state index is -0.467. The monoisotopic (exact) mass is 307 g/mol. The van der Waals surface area contributed by atoms with E-state index in [2.05, 4.69) is 15.8 Å². The fraction of sp³-hybridized carbons (Fsp3) is 0.214. The predicted octanol–water partition coefficient (Wildman–Crippen LogP) is 1.86. The molecule has 1 aromatic carbocycles. The molecule has 2 amide bonds. The number of hydrogen-bond donors (Lipinski definition) is 2. The lowest BCUT2D eigenvalue weighted by Crippen LogP contribution is -2.36. The van der Waals surface area contributed by atoms with Crippen LogP contribution in [0.1, 0.15) is 17.4 Å². The van der Waals surface area contributed by atoms with Gasteiger partial charge in [0.25, 0.3) is 5.91 Å². The maximum Gasteiger partial charge on any atom is 0.273 e. The zero-order valence-corrected chi connectivity index (χ0v) is 12.1. The van der Waals surface area contributed by atoms with Gasteiger partial charge in [-0.2, -0.15) is 0 Å². The van der Waals surface area contributed by atoms with Gasteiger partial charge in [-0.25, -0.2) is 0 Å². The van der Waals surface area contributed by atoms with Crippen molar-refractivity contribution in [2.45, 2.75) is 6.92 Å². The van der Waals surface area contributed by atoms with E-state index in [1.54, 1.807) is 31.2 Å². The highest BCUT2D eigenvalue weighted by Gasteiger charge is 2.14. The van der Waals surface area contributed by atoms with Crippen molar-refractivity contribution in [2.24, 2.45) is 0 Å². The molecule has 0 fully saturated rings. The van der Waals surface area contributed by atoms with Crippen LogP contribution < -0.4 is 10.6 Å². The molecular formula is C14H14ClN3O3. The van der Waals surface area contributed by atoms with Crippen molar-refractivity contribution in [3.63, 3.8) is 0 Å². The number of halogens is 1. The van der Waals surface area contributed by atoms with E-state index in [1.165, 1.54) is 6.07 Å². The Morgan fingerprint density at radius 3 is 2.62 bits per heavy atom. The number of nitrogens with zero attached hydrogens (tertiary/aromatic N) is 1. The van der Waals surface area contributed by atoms with E-state index in [4.69, 9.17) is 16.1 Å². The standard InChI is InChI=1S/C14H14ClN3O3/c1-2-16-13(19)8-17-14(20)11-7-12(21-18-11)9-3-5-10(15)6-4-9/h3-7H,2,8H2,1H3,(H,16,19)(H,17,20). The lowest BCUT2D eigenvalue weighted by Gasteiger charge is -2.02. The van der Waals surface area contributed by atoms with Gasteiger partial charge in [0.05, 0.1) is 6.54 Å². The van der Waals surface area contributed by atoms with Crippen molar-refractivity contribution in [1.29, 1.82) is 0 Å². The van der Waals surface area contributed by atoms with Crippen LogP contribution in [-0.2, 0) is 4.79 Å². The molecule has 2 aromatic rings. The molecule has 0 unspecified atom stereocenters. The molecule has 0 aliphatic heterocycles. The van der Waals surface area contributed by atoms with Crippen LogP contribution in [0.3, 0.4) is 0 Å². The Morgan fingerprint density at radius 2 is 1.95 bits per heavy atom. The molecule has 1 aromatic heterocycles. The van der Waals surface area contributed by atoms with Crippen molar-refractivity contribution in [3.05, 3.63) is 41.0 Å². The van der Waals surface area contributed by atoms with Crippen LogP contribution in [0.4, 0.5) is 0 Å². The SMILES string of the molecule is CCNC(=O)CNC(=O)c1cc(-c2ccc(Cl)cc2)on1. The fourth-order valence-electron chi connectivity index (χ4n) is 1.64. The molecule has 0 atom stereocenters. The average Bonchev–Trinajstić information content (AvgIpc) is 2.96. The number of aromatic nitrogens is 1. The van der Waals surface area contributed by atoms with Crippen LogP contribution >= 0.6 is 11.6 Å². The molecule has 0 radical (unpaired) electrons. The van der Waals surface area contributed by atoms with Gasteiger partial charge in [-0.15, -0.1) is 0 Å². The highest BCUT2D eigenvalue weighted by atomic mass is 35.5. The second-order valence-electron chi connectivity index (χ2n) is 4.22. The normalized spacial score (nSPS) is 10.2. The molecule has 0 spiro atoms. The van der Waals surface area contributed by atoms with Crippen LogP contribution in [-0.4, -0.2) is 30.1 Å². The van der Waals surface area contributed by atoms with E-state index in [0.29, 0.717) is 17.3 Å². The second-order valence-corrected chi connectivity index (χ2v) is 4.66. The van der Waals surface area contributed by atoms with Crippen molar-refractivity contribution in [1.82, 2.24) is 15.8 Å². The van der Waals surface area contributed by atoms with Gasteiger partial charge in [0, 0.05) is 23.2 Å². The third-order valence-electron chi connectivity index (χ3n) is 2.65. The molecule has 6 nitrogen and oxygen atoms in total. The number of carbonyl (C=O) groups excluding carboxylic acids is 2. The second kappa shape index (κ2) is 6.90. The number of hydrogen-bond acceptors (Lipinski definition) is 4. The first-order valence-corrected chi connectivity index (χ1v) is 6.75. The molecule has 0 aliphatic rings. The van der Waals surface area contributed by atoms with Gasteiger partial charge in [0.15, 0.2) is 11.5 Å². The largest absolute Gasteiger partial charge is 0.355 e. The third kappa shape index (κ3) is 4.06. The summed E-state index contributed by atoms with van der Waals surface area (Å²) in [7, 11) is 0. The lowest BCUT2D eigenvalue weighted by atomic mass is 10.1. The predicted molar refractivity (Wildman–Crippen MR) is 78.0 cm³/mol. The molecule has 1 heterocycles. The van der Waals surface area contributed by atoms with Crippen molar-refractivity contribution in [3.8, 4) is 11.3 Å². The smallest absolute Gasteiger partial charge is 0.273 e. The van der Waals surface area contributed by atoms with Crippen LogP contribution in [0, 0.1) is 0 Å². The van der Waals surface area contributed by atoms with Gasteiger partial charge in [-0.1, -0.05) is 16.8 Å². The fourth-order valence-corrected chi connectivity index (χ4v) is 1.77. The van der Waals surface area contributed by atoms with Crippen LogP contribution in [0.15, 0.2) is 34.9 Å². The quantitative estimate of drug-likeness (QED) is 0.883. The van der Waals surface area contributed by atoms with Crippen molar-refractivity contribution >= 4 is 23.4 Å². The summed E-state index contributed by atoms with van der Waals surface area (Å²) in [5, 5.41) is 9.34. The topological polar surface area (TPSA) is 84.2 Å². The lowest BCUT2D eigenvalue weighted by molar-refractivity contribution is -0.120.